The predicted octanol–water partition coefficient (Wildman–Crippen LogP) is 3.70. The van der Waals surface area contributed by atoms with Crippen LogP contribution < -0.4 is 10.2 Å². The van der Waals surface area contributed by atoms with Gasteiger partial charge in [0.25, 0.3) is 5.69 Å². The summed E-state index contributed by atoms with van der Waals surface area (Å²) in [5, 5.41) is 13.7. The zero-order valence-corrected chi connectivity index (χ0v) is 16.8. The van der Waals surface area contributed by atoms with E-state index in [1.165, 1.54) is 30.5 Å². The van der Waals surface area contributed by atoms with E-state index in [4.69, 9.17) is 0 Å². The van der Waals surface area contributed by atoms with Gasteiger partial charge in [-0.05, 0) is 42.7 Å². The number of rotatable bonds is 8. The second kappa shape index (κ2) is 10.0. The van der Waals surface area contributed by atoms with E-state index in [-0.39, 0.29) is 16.5 Å². The van der Waals surface area contributed by atoms with Crippen molar-refractivity contribution in [2.24, 2.45) is 0 Å². The molecule has 0 atom stereocenters. The van der Waals surface area contributed by atoms with Gasteiger partial charge in [-0.3, -0.25) is 19.8 Å². The van der Waals surface area contributed by atoms with Gasteiger partial charge in [0, 0.05) is 49.7 Å². The Bertz CT molecular complexity index is 813. The van der Waals surface area contributed by atoms with Crippen molar-refractivity contribution in [3.8, 4) is 0 Å². The molecule has 1 aliphatic heterocycles. The first-order chi connectivity index (χ1) is 14.0. The van der Waals surface area contributed by atoms with Crippen molar-refractivity contribution in [3.63, 3.8) is 0 Å². The van der Waals surface area contributed by atoms with Crippen molar-refractivity contribution in [3.05, 3.63) is 64.2 Å². The van der Waals surface area contributed by atoms with Gasteiger partial charge in [-0.1, -0.05) is 25.5 Å². The van der Waals surface area contributed by atoms with E-state index >= 15 is 0 Å². The lowest BCUT2D eigenvalue weighted by molar-refractivity contribution is -0.384. The Morgan fingerprint density at radius 3 is 2.28 bits per heavy atom. The highest BCUT2D eigenvalue weighted by molar-refractivity contribution is 5.92. The van der Waals surface area contributed by atoms with Crippen molar-refractivity contribution in [1.82, 2.24) is 4.90 Å². The maximum atomic E-state index is 12.4. The Balaban J connectivity index is 1.44. The largest absolute Gasteiger partial charge is 0.369 e. The lowest BCUT2D eigenvalue weighted by Gasteiger charge is -2.35. The SMILES string of the molecule is CCCCc1ccc(NC(=O)CN2CCN(c3ccc([N+](=O)[O-])cc3)CC2)cc1. The summed E-state index contributed by atoms with van der Waals surface area (Å²) in [6.45, 7) is 5.68. The number of benzene rings is 2. The van der Waals surface area contributed by atoms with Crippen molar-refractivity contribution < 1.29 is 9.72 Å². The zero-order chi connectivity index (χ0) is 20.6. The van der Waals surface area contributed by atoms with E-state index in [9.17, 15) is 14.9 Å². The smallest absolute Gasteiger partial charge is 0.269 e. The molecule has 7 heteroatoms. The Morgan fingerprint density at radius 2 is 1.69 bits per heavy atom. The fraction of sp³-hybridized carbons (Fsp3) is 0.409. The maximum absolute atomic E-state index is 12.4. The maximum Gasteiger partial charge on any atom is 0.269 e. The number of nitrogens with one attached hydrogen (secondary N) is 1. The summed E-state index contributed by atoms with van der Waals surface area (Å²) >= 11 is 0. The summed E-state index contributed by atoms with van der Waals surface area (Å²) in [6.07, 6.45) is 3.43. The van der Waals surface area contributed by atoms with Crippen molar-refractivity contribution in [2.45, 2.75) is 26.2 Å². The third-order valence-corrected chi connectivity index (χ3v) is 5.22. The summed E-state index contributed by atoms with van der Waals surface area (Å²) in [6, 6.07) is 14.7. The summed E-state index contributed by atoms with van der Waals surface area (Å²) in [4.78, 5) is 27.1. The molecule has 0 aromatic heterocycles. The van der Waals surface area contributed by atoms with Gasteiger partial charge in [0.1, 0.15) is 0 Å². The molecule has 1 heterocycles. The molecular formula is C22H28N4O3. The number of hydrogen-bond donors (Lipinski definition) is 1. The molecule has 1 saturated heterocycles. The fourth-order valence-electron chi connectivity index (χ4n) is 3.49. The third-order valence-electron chi connectivity index (χ3n) is 5.22. The van der Waals surface area contributed by atoms with Gasteiger partial charge in [-0.15, -0.1) is 0 Å². The molecule has 154 valence electrons. The number of nitro groups is 1. The topological polar surface area (TPSA) is 78.7 Å². The molecule has 3 rings (SSSR count). The predicted molar refractivity (Wildman–Crippen MR) is 115 cm³/mol. The molecule has 0 spiro atoms. The number of nitrogens with zero attached hydrogens (tertiary/aromatic N) is 3. The van der Waals surface area contributed by atoms with Crippen LogP contribution in [0.2, 0.25) is 0 Å². The molecule has 0 aliphatic carbocycles. The first-order valence-corrected chi connectivity index (χ1v) is 10.2. The lowest BCUT2D eigenvalue weighted by atomic mass is 10.1. The molecule has 1 amide bonds. The first kappa shape index (κ1) is 20.8. The van der Waals surface area contributed by atoms with Crippen molar-refractivity contribution >= 4 is 23.0 Å². The van der Waals surface area contributed by atoms with Gasteiger partial charge in [0.2, 0.25) is 5.91 Å². The molecule has 2 aromatic carbocycles. The van der Waals surface area contributed by atoms with Gasteiger partial charge in [-0.25, -0.2) is 0 Å². The highest BCUT2D eigenvalue weighted by atomic mass is 16.6. The van der Waals surface area contributed by atoms with Crippen molar-refractivity contribution in [1.29, 1.82) is 0 Å². The standard InChI is InChI=1S/C22H28N4O3/c1-2-3-4-18-5-7-19(8-6-18)23-22(27)17-24-13-15-25(16-14-24)20-9-11-21(12-10-20)26(28)29/h5-12H,2-4,13-17H2,1H3,(H,23,27). The minimum atomic E-state index is -0.390. The van der Waals surface area contributed by atoms with Gasteiger partial charge in [0.05, 0.1) is 11.5 Å². The van der Waals surface area contributed by atoms with E-state index < -0.39 is 0 Å². The van der Waals surface area contributed by atoms with E-state index in [1.54, 1.807) is 12.1 Å². The Morgan fingerprint density at radius 1 is 1.03 bits per heavy atom. The molecule has 0 radical (unpaired) electrons. The summed E-state index contributed by atoms with van der Waals surface area (Å²) < 4.78 is 0. The first-order valence-electron chi connectivity index (χ1n) is 10.2. The van der Waals surface area contributed by atoms with Crippen LogP contribution >= 0.6 is 0 Å². The Labute approximate surface area is 171 Å². The van der Waals surface area contributed by atoms with Crippen LogP contribution in [0.4, 0.5) is 17.1 Å². The average molecular weight is 396 g/mol. The number of piperazine rings is 1. The number of hydrogen-bond acceptors (Lipinski definition) is 5. The van der Waals surface area contributed by atoms with Crippen molar-refractivity contribution in [2.75, 3.05) is 42.9 Å². The second-order valence-electron chi connectivity index (χ2n) is 7.39. The van der Waals surface area contributed by atoms with E-state index in [0.29, 0.717) is 6.54 Å². The van der Waals surface area contributed by atoms with Gasteiger partial charge >= 0.3 is 0 Å². The molecule has 2 aromatic rings. The molecule has 7 nitrogen and oxygen atoms in total. The lowest BCUT2D eigenvalue weighted by Crippen LogP contribution is -2.48. The van der Waals surface area contributed by atoms with Gasteiger partial charge in [-0.2, -0.15) is 0 Å². The Hall–Kier alpha value is -2.93. The van der Waals surface area contributed by atoms with Crippen LogP contribution in [0, 0.1) is 10.1 Å². The monoisotopic (exact) mass is 396 g/mol. The number of carbonyl (C=O) groups excluding carboxylic acids is 1. The van der Waals surface area contributed by atoms with E-state index in [2.05, 4.69) is 34.2 Å². The zero-order valence-electron chi connectivity index (χ0n) is 16.8. The van der Waals surface area contributed by atoms with Crippen LogP contribution in [0.15, 0.2) is 48.5 Å². The summed E-state index contributed by atoms with van der Waals surface area (Å²) in [5.74, 6) is -0.00454. The van der Waals surface area contributed by atoms with Crippen LogP contribution in [0.1, 0.15) is 25.3 Å². The highest BCUT2D eigenvalue weighted by Crippen LogP contribution is 2.20. The number of aryl methyl sites for hydroxylation is 1. The number of amides is 1. The van der Waals surface area contributed by atoms with Crippen LogP contribution in [0.3, 0.4) is 0 Å². The average Bonchev–Trinajstić information content (AvgIpc) is 2.74. The highest BCUT2D eigenvalue weighted by Gasteiger charge is 2.19. The minimum Gasteiger partial charge on any atom is -0.369 e. The van der Waals surface area contributed by atoms with Crippen LogP contribution in [-0.2, 0) is 11.2 Å². The molecule has 1 N–H and O–H groups in total. The molecule has 1 aliphatic rings. The quantitative estimate of drug-likeness (QED) is 0.544. The normalized spacial score (nSPS) is 14.6. The number of nitro benzene ring substituents is 1. The number of non-ortho nitro benzene ring substituents is 1. The number of anilines is 2. The molecule has 0 saturated carbocycles. The number of carbonyl (C=O) groups is 1. The molecule has 29 heavy (non-hydrogen) atoms. The minimum absolute atomic E-state index is 0.00454. The summed E-state index contributed by atoms with van der Waals surface area (Å²) in [7, 11) is 0. The second-order valence-corrected chi connectivity index (χ2v) is 7.39. The molecule has 0 unspecified atom stereocenters. The van der Waals surface area contributed by atoms with Crippen LogP contribution in [-0.4, -0.2) is 48.5 Å². The Kier molecular flexibility index (Phi) is 7.19. The van der Waals surface area contributed by atoms with Crippen LogP contribution in [0.25, 0.3) is 0 Å². The molecule has 1 fully saturated rings. The van der Waals surface area contributed by atoms with Crippen LogP contribution in [0.5, 0.6) is 0 Å². The van der Waals surface area contributed by atoms with E-state index in [0.717, 1.165) is 44.0 Å². The molecular weight excluding hydrogens is 368 g/mol. The van der Waals surface area contributed by atoms with Gasteiger partial charge in [0.15, 0.2) is 0 Å². The molecule has 0 bridgehead atoms. The fourth-order valence-corrected chi connectivity index (χ4v) is 3.49. The summed E-state index contributed by atoms with van der Waals surface area (Å²) in [5.41, 5.74) is 3.21. The number of unbranched alkanes of at least 4 members (excludes halogenated alkanes) is 1. The van der Waals surface area contributed by atoms with E-state index in [1.807, 2.05) is 12.1 Å². The third kappa shape index (κ3) is 6.02. The van der Waals surface area contributed by atoms with Gasteiger partial charge < -0.3 is 10.2 Å².